The van der Waals surface area contributed by atoms with Crippen molar-refractivity contribution in [2.45, 2.75) is 19.8 Å². The Morgan fingerprint density at radius 1 is 1.21 bits per heavy atom. The van der Waals surface area contributed by atoms with Gasteiger partial charge in [-0.3, -0.25) is 0 Å². The lowest BCUT2D eigenvalue weighted by atomic mass is 10.1. The lowest BCUT2D eigenvalue weighted by Gasteiger charge is -1.97. The molecule has 0 atom stereocenters. The highest BCUT2D eigenvalue weighted by Crippen LogP contribution is 2.07. The zero-order chi connectivity index (χ0) is 9.80. The van der Waals surface area contributed by atoms with Crippen molar-refractivity contribution in [2.75, 3.05) is 0 Å². The third kappa shape index (κ3) is 2.02. The molecule has 14 heavy (non-hydrogen) atoms. The van der Waals surface area contributed by atoms with E-state index in [9.17, 15) is 0 Å². The monoisotopic (exact) mass is 186 g/mol. The quantitative estimate of drug-likeness (QED) is 0.784. The van der Waals surface area contributed by atoms with Crippen LogP contribution in [0.2, 0.25) is 0 Å². The number of nitrogens with zero attached hydrogens (tertiary/aromatic N) is 1. The van der Waals surface area contributed by atoms with Crippen LogP contribution in [0.1, 0.15) is 24.0 Å². The fourth-order valence-corrected chi connectivity index (χ4v) is 1.49. The molecule has 1 aromatic carbocycles. The highest BCUT2D eigenvalue weighted by Gasteiger charge is 1.99. The van der Waals surface area contributed by atoms with E-state index < -0.39 is 0 Å². The van der Waals surface area contributed by atoms with Crippen molar-refractivity contribution >= 4 is 0 Å². The molecular formula is C12H14N2. The van der Waals surface area contributed by atoms with Gasteiger partial charge >= 0.3 is 0 Å². The number of hydrogen-bond acceptors (Lipinski definition) is 1. The largest absolute Gasteiger partial charge is 0.346 e. The van der Waals surface area contributed by atoms with Gasteiger partial charge in [0.25, 0.3) is 0 Å². The number of H-pyrrole nitrogens is 1. The Balaban J connectivity index is 2.11. The molecule has 0 radical (unpaired) electrons. The number of aryl methyl sites for hydroxylation is 1. The van der Waals surface area contributed by atoms with Gasteiger partial charge in [0.2, 0.25) is 0 Å². The van der Waals surface area contributed by atoms with Crippen molar-refractivity contribution in [2.24, 2.45) is 0 Å². The van der Waals surface area contributed by atoms with E-state index in [-0.39, 0.29) is 0 Å². The topological polar surface area (TPSA) is 28.7 Å². The smallest absolute Gasteiger partial charge is 0.105 e. The number of nitrogens with one attached hydrogen (secondary N) is 1. The summed E-state index contributed by atoms with van der Waals surface area (Å²) in [5.41, 5.74) is 2.51. The summed E-state index contributed by atoms with van der Waals surface area (Å²) in [4.78, 5) is 7.58. The summed E-state index contributed by atoms with van der Waals surface area (Å²) in [7, 11) is 0. The second-order valence-electron chi connectivity index (χ2n) is 3.37. The minimum atomic E-state index is 0.938. The van der Waals surface area contributed by atoms with Crippen molar-refractivity contribution in [1.82, 2.24) is 9.97 Å². The van der Waals surface area contributed by atoms with Crippen LogP contribution in [-0.4, -0.2) is 9.97 Å². The van der Waals surface area contributed by atoms with E-state index in [1.807, 2.05) is 12.3 Å². The normalized spacial score (nSPS) is 10.4. The molecule has 2 heteroatoms. The van der Waals surface area contributed by atoms with Crippen molar-refractivity contribution < 1.29 is 0 Å². The SMILES string of the molecule is CCc1ncc(Cc2ccccc2)[nH]1. The van der Waals surface area contributed by atoms with Crippen molar-refractivity contribution in [3.8, 4) is 0 Å². The molecule has 2 aromatic rings. The van der Waals surface area contributed by atoms with E-state index in [4.69, 9.17) is 0 Å². The van der Waals surface area contributed by atoms with E-state index in [0.29, 0.717) is 0 Å². The highest BCUT2D eigenvalue weighted by atomic mass is 14.9. The maximum atomic E-state index is 4.28. The van der Waals surface area contributed by atoms with Crippen molar-refractivity contribution in [1.29, 1.82) is 0 Å². The second kappa shape index (κ2) is 4.09. The van der Waals surface area contributed by atoms with Gasteiger partial charge in [0.15, 0.2) is 0 Å². The number of aromatic amines is 1. The van der Waals surface area contributed by atoms with Crippen LogP contribution in [0.5, 0.6) is 0 Å². The van der Waals surface area contributed by atoms with Crippen molar-refractivity contribution in [3.63, 3.8) is 0 Å². The molecule has 2 nitrogen and oxygen atoms in total. The summed E-state index contributed by atoms with van der Waals surface area (Å²) in [5.74, 6) is 1.07. The first-order valence-corrected chi connectivity index (χ1v) is 4.95. The van der Waals surface area contributed by atoms with Gasteiger partial charge in [-0.2, -0.15) is 0 Å². The number of aromatic nitrogens is 2. The summed E-state index contributed by atoms with van der Waals surface area (Å²) in [6, 6.07) is 10.4. The summed E-state index contributed by atoms with van der Waals surface area (Å²) in [6.45, 7) is 2.10. The van der Waals surface area contributed by atoms with Gasteiger partial charge in [-0.25, -0.2) is 4.98 Å². The lowest BCUT2D eigenvalue weighted by molar-refractivity contribution is 0.970. The first-order valence-electron chi connectivity index (χ1n) is 4.95. The van der Waals surface area contributed by atoms with Gasteiger partial charge in [0.05, 0.1) is 0 Å². The Morgan fingerprint density at radius 2 is 2.00 bits per heavy atom. The Kier molecular flexibility index (Phi) is 2.63. The van der Waals surface area contributed by atoms with Gasteiger partial charge in [0.1, 0.15) is 5.82 Å². The van der Waals surface area contributed by atoms with E-state index in [2.05, 4.69) is 41.2 Å². The van der Waals surface area contributed by atoms with E-state index in [0.717, 1.165) is 18.7 Å². The van der Waals surface area contributed by atoms with E-state index in [1.54, 1.807) is 0 Å². The third-order valence-corrected chi connectivity index (χ3v) is 2.25. The van der Waals surface area contributed by atoms with E-state index >= 15 is 0 Å². The summed E-state index contributed by atoms with van der Waals surface area (Å²) in [5, 5.41) is 0. The minimum absolute atomic E-state index is 0.938. The summed E-state index contributed by atoms with van der Waals surface area (Å²) < 4.78 is 0. The molecule has 1 heterocycles. The van der Waals surface area contributed by atoms with Crippen LogP contribution in [0.3, 0.4) is 0 Å². The number of benzene rings is 1. The average molecular weight is 186 g/mol. The van der Waals surface area contributed by atoms with Gasteiger partial charge < -0.3 is 4.98 Å². The predicted molar refractivity (Wildman–Crippen MR) is 57.2 cm³/mol. The Labute approximate surface area is 84.0 Å². The molecule has 1 aromatic heterocycles. The Bertz CT molecular complexity index is 390. The standard InChI is InChI=1S/C12H14N2/c1-2-12-13-9-11(14-12)8-10-6-4-3-5-7-10/h3-7,9H,2,8H2,1H3,(H,13,14). The molecule has 0 aliphatic rings. The lowest BCUT2D eigenvalue weighted by Crippen LogP contribution is -1.88. The molecule has 0 aliphatic carbocycles. The molecule has 0 amide bonds. The number of rotatable bonds is 3. The van der Waals surface area contributed by atoms with Gasteiger partial charge in [-0.15, -0.1) is 0 Å². The highest BCUT2D eigenvalue weighted by molar-refractivity contribution is 5.20. The summed E-state index contributed by atoms with van der Waals surface area (Å²) >= 11 is 0. The molecule has 0 fully saturated rings. The molecule has 1 N–H and O–H groups in total. The molecule has 0 bridgehead atoms. The van der Waals surface area contributed by atoms with Gasteiger partial charge in [0, 0.05) is 24.7 Å². The fraction of sp³-hybridized carbons (Fsp3) is 0.250. The molecule has 72 valence electrons. The zero-order valence-electron chi connectivity index (χ0n) is 8.33. The zero-order valence-corrected chi connectivity index (χ0v) is 8.33. The van der Waals surface area contributed by atoms with Crippen LogP contribution >= 0.6 is 0 Å². The summed E-state index contributed by atoms with van der Waals surface area (Å²) in [6.07, 6.45) is 3.83. The van der Waals surface area contributed by atoms with Crippen LogP contribution < -0.4 is 0 Å². The first kappa shape index (κ1) is 9.00. The van der Waals surface area contributed by atoms with Crippen LogP contribution in [0.4, 0.5) is 0 Å². The van der Waals surface area contributed by atoms with Crippen LogP contribution in [0, 0.1) is 0 Å². The van der Waals surface area contributed by atoms with Crippen LogP contribution in [0.15, 0.2) is 36.5 Å². The molecule has 0 saturated heterocycles. The molecule has 0 saturated carbocycles. The maximum Gasteiger partial charge on any atom is 0.105 e. The van der Waals surface area contributed by atoms with Crippen LogP contribution in [-0.2, 0) is 12.8 Å². The molecule has 2 rings (SSSR count). The van der Waals surface area contributed by atoms with Gasteiger partial charge in [-0.05, 0) is 5.56 Å². The average Bonchev–Trinajstić information content (AvgIpc) is 2.67. The maximum absolute atomic E-state index is 4.28. The second-order valence-corrected chi connectivity index (χ2v) is 3.37. The fourth-order valence-electron chi connectivity index (χ4n) is 1.49. The van der Waals surface area contributed by atoms with E-state index in [1.165, 1.54) is 11.3 Å². The molecule has 0 unspecified atom stereocenters. The van der Waals surface area contributed by atoms with Gasteiger partial charge in [-0.1, -0.05) is 37.3 Å². The predicted octanol–water partition coefficient (Wildman–Crippen LogP) is 2.56. The van der Waals surface area contributed by atoms with Crippen molar-refractivity contribution in [3.05, 3.63) is 53.6 Å². The Morgan fingerprint density at radius 3 is 2.64 bits per heavy atom. The minimum Gasteiger partial charge on any atom is -0.346 e. The molecular weight excluding hydrogens is 172 g/mol. The number of hydrogen-bond donors (Lipinski definition) is 1. The van der Waals surface area contributed by atoms with Crippen LogP contribution in [0.25, 0.3) is 0 Å². The first-order chi connectivity index (χ1) is 6.88. The molecule has 0 spiro atoms. The Hall–Kier alpha value is -1.57. The number of imidazole rings is 1. The molecule has 0 aliphatic heterocycles. The third-order valence-electron chi connectivity index (χ3n) is 2.25.